The number of nitrogens with one attached hydrogen (secondary N) is 1. The van der Waals surface area contributed by atoms with E-state index >= 15 is 0 Å². The van der Waals surface area contributed by atoms with Gasteiger partial charge in [-0.3, -0.25) is 0 Å². The SMILES string of the molecule is C=N/C(=C\N)NC. The average molecular weight is 99.1 g/mol. The van der Waals surface area contributed by atoms with Crippen molar-refractivity contribution in [1.29, 1.82) is 0 Å². The van der Waals surface area contributed by atoms with Gasteiger partial charge in [-0.2, -0.15) is 0 Å². The molecule has 0 aliphatic heterocycles. The van der Waals surface area contributed by atoms with Crippen LogP contribution in [0, 0.1) is 0 Å². The maximum atomic E-state index is 5.04. The molecule has 3 N–H and O–H groups in total. The van der Waals surface area contributed by atoms with E-state index in [0.29, 0.717) is 5.82 Å². The predicted molar refractivity (Wildman–Crippen MR) is 30.9 cm³/mol. The average Bonchev–Trinajstić information content (AvgIpc) is 1.72. The van der Waals surface area contributed by atoms with Crippen LogP contribution in [-0.4, -0.2) is 13.8 Å². The molecule has 0 aromatic heterocycles. The van der Waals surface area contributed by atoms with Gasteiger partial charge in [0.2, 0.25) is 0 Å². The molecule has 0 aliphatic rings. The minimum Gasteiger partial charge on any atom is -0.402 e. The molecule has 0 spiro atoms. The Kier molecular flexibility index (Phi) is 2.76. The van der Waals surface area contributed by atoms with E-state index in [9.17, 15) is 0 Å². The number of hydrogen-bond acceptors (Lipinski definition) is 3. The second-order valence-electron chi connectivity index (χ2n) is 0.960. The zero-order chi connectivity index (χ0) is 5.70. The molecule has 3 heteroatoms. The lowest BCUT2D eigenvalue weighted by molar-refractivity contribution is 0.961. The highest BCUT2D eigenvalue weighted by Crippen LogP contribution is 1.79. The van der Waals surface area contributed by atoms with Crippen molar-refractivity contribution in [2.24, 2.45) is 10.7 Å². The highest BCUT2D eigenvalue weighted by atomic mass is 15.0. The number of hydrogen-bond donors (Lipinski definition) is 2. The maximum absolute atomic E-state index is 5.04. The zero-order valence-corrected chi connectivity index (χ0v) is 4.31. The van der Waals surface area contributed by atoms with Crippen molar-refractivity contribution in [3.8, 4) is 0 Å². The maximum Gasteiger partial charge on any atom is 0.140 e. The summed E-state index contributed by atoms with van der Waals surface area (Å²) in [7, 11) is 1.73. The molecule has 40 valence electrons. The van der Waals surface area contributed by atoms with E-state index in [1.54, 1.807) is 7.05 Å². The standard InChI is InChI=1S/C4H9N3/c1-6-4(3-5)7-2/h3,7H,1,5H2,2H3/b4-3+. The molecule has 0 aromatic rings. The first kappa shape index (κ1) is 6.01. The topological polar surface area (TPSA) is 50.4 Å². The Hall–Kier alpha value is -0.990. The summed E-state index contributed by atoms with van der Waals surface area (Å²) in [5.74, 6) is 0.597. The summed E-state index contributed by atoms with van der Waals surface area (Å²) < 4.78 is 0. The van der Waals surface area contributed by atoms with Gasteiger partial charge in [0, 0.05) is 13.2 Å². The number of aliphatic imine (C=N–C) groups is 1. The summed E-state index contributed by atoms with van der Waals surface area (Å²) >= 11 is 0. The third kappa shape index (κ3) is 1.81. The summed E-state index contributed by atoms with van der Waals surface area (Å²) in [6.45, 7) is 3.24. The van der Waals surface area contributed by atoms with Gasteiger partial charge in [0.15, 0.2) is 0 Å². The van der Waals surface area contributed by atoms with Gasteiger partial charge in [-0.1, -0.05) is 0 Å². The summed E-state index contributed by atoms with van der Waals surface area (Å²) in [6, 6.07) is 0. The summed E-state index contributed by atoms with van der Waals surface area (Å²) in [6.07, 6.45) is 1.35. The van der Waals surface area contributed by atoms with Gasteiger partial charge in [-0.05, 0) is 6.72 Å². The highest BCUT2D eigenvalue weighted by Gasteiger charge is 1.76. The van der Waals surface area contributed by atoms with E-state index in [1.165, 1.54) is 6.20 Å². The van der Waals surface area contributed by atoms with Crippen LogP contribution in [-0.2, 0) is 0 Å². The van der Waals surface area contributed by atoms with Gasteiger partial charge >= 0.3 is 0 Å². The van der Waals surface area contributed by atoms with Gasteiger partial charge in [0.05, 0.1) is 0 Å². The van der Waals surface area contributed by atoms with Crippen LogP contribution in [0.5, 0.6) is 0 Å². The molecule has 0 amide bonds. The van der Waals surface area contributed by atoms with Crippen molar-refractivity contribution in [1.82, 2.24) is 5.32 Å². The molecule has 0 radical (unpaired) electrons. The molecular formula is C4H9N3. The van der Waals surface area contributed by atoms with Crippen molar-refractivity contribution in [3.05, 3.63) is 12.0 Å². The van der Waals surface area contributed by atoms with Crippen LogP contribution in [0.4, 0.5) is 0 Å². The van der Waals surface area contributed by atoms with Crippen molar-refractivity contribution in [2.45, 2.75) is 0 Å². The van der Waals surface area contributed by atoms with Gasteiger partial charge in [0.25, 0.3) is 0 Å². The van der Waals surface area contributed by atoms with Crippen molar-refractivity contribution in [3.63, 3.8) is 0 Å². The van der Waals surface area contributed by atoms with E-state index in [2.05, 4.69) is 17.0 Å². The molecule has 0 saturated carbocycles. The molecule has 0 aliphatic carbocycles. The first-order chi connectivity index (χ1) is 3.35. The Morgan fingerprint density at radius 2 is 2.57 bits per heavy atom. The van der Waals surface area contributed by atoms with Crippen LogP contribution in [0.3, 0.4) is 0 Å². The molecule has 0 bridgehead atoms. The fourth-order valence-electron chi connectivity index (χ4n) is 0.215. The molecule has 0 saturated heterocycles. The molecule has 0 heterocycles. The van der Waals surface area contributed by atoms with Gasteiger partial charge in [-0.15, -0.1) is 0 Å². The summed E-state index contributed by atoms with van der Waals surface area (Å²) in [5.41, 5.74) is 5.04. The number of rotatable bonds is 2. The molecule has 0 fully saturated rings. The van der Waals surface area contributed by atoms with Gasteiger partial charge in [-0.25, -0.2) is 4.99 Å². The van der Waals surface area contributed by atoms with E-state index in [4.69, 9.17) is 5.73 Å². The molecule has 0 rings (SSSR count). The lowest BCUT2D eigenvalue weighted by Crippen LogP contribution is -2.04. The minimum atomic E-state index is 0.597. The monoisotopic (exact) mass is 99.1 g/mol. The third-order valence-corrected chi connectivity index (χ3v) is 0.584. The Morgan fingerprint density at radius 1 is 2.00 bits per heavy atom. The van der Waals surface area contributed by atoms with E-state index < -0.39 is 0 Å². The molecule has 3 nitrogen and oxygen atoms in total. The van der Waals surface area contributed by atoms with Crippen molar-refractivity contribution >= 4 is 6.72 Å². The second-order valence-corrected chi connectivity index (χ2v) is 0.960. The number of nitrogens with two attached hydrogens (primary N) is 1. The van der Waals surface area contributed by atoms with Crippen LogP contribution in [0.15, 0.2) is 17.0 Å². The fourth-order valence-corrected chi connectivity index (χ4v) is 0.215. The quantitative estimate of drug-likeness (QED) is 0.465. The summed E-state index contributed by atoms with van der Waals surface area (Å²) in [5, 5.41) is 2.71. The Labute approximate surface area is 42.9 Å². The molecule has 0 aromatic carbocycles. The molecule has 0 unspecified atom stereocenters. The minimum absolute atomic E-state index is 0.597. The summed E-state index contributed by atoms with van der Waals surface area (Å²) in [4.78, 5) is 3.50. The van der Waals surface area contributed by atoms with Crippen LogP contribution < -0.4 is 11.1 Å². The van der Waals surface area contributed by atoms with Crippen LogP contribution in [0.1, 0.15) is 0 Å². The van der Waals surface area contributed by atoms with Crippen LogP contribution >= 0.6 is 0 Å². The first-order valence-electron chi connectivity index (χ1n) is 1.91. The van der Waals surface area contributed by atoms with E-state index in [-0.39, 0.29) is 0 Å². The van der Waals surface area contributed by atoms with Gasteiger partial charge < -0.3 is 11.1 Å². The lowest BCUT2D eigenvalue weighted by atomic mass is 10.7. The van der Waals surface area contributed by atoms with Crippen molar-refractivity contribution < 1.29 is 0 Å². The zero-order valence-electron chi connectivity index (χ0n) is 4.31. The second kappa shape index (κ2) is 3.21. The lowest BCUT2D eigenvalue weighted by Gasteiger charge is -1.92. The Balaban J connectivity index is 3.60. The molecule has 0 atom stereocenters. The van der Waals surface area contributed by atoms with Crippen molar-refractivity contribution in [2.75, 3.05) is 7.05 Å². The van der Waals surface area contributed by atoms with Crippen LogP contribution in [0.2, 0.25) is 0 Å². The predicted octanol–water partition coefficient (Wildman–Crippen LogP) is -0.336. The van der Waals surface area contributed by atoms with E-state index in [0.717, 1.165) is 0 Å². The molecular weight excluding hydrogens is 90.1 g/mol. The Bertz CT molecular complexity index is 84.9. The normalized spacial score (nSPS) is 10.7. The molecule has 7 heavy (non-hydrogen) atoms. The highest BCUT2D eigenvalue weighted by molar-refractivity contribution is 5.27. The smallest absolute Gasteiger partial charge is 0.140 e. The fraction of sp³-hybridized carbons (Fsp3) is 0.250. The number of nitrogens with zero attached hydrogens (tertiary/aromatic N) is 1. The van der Waals surface area contributed by atoms with E-state index in [1.807, 2.05) is 0 Å². The van der Waals surface area contributed by atoms with Crippen LogP contribution in [0.25, 0.3) is 0 Å². The Morgan fingerprint density at radius 3 is 2.57 bits per heavy atom. The third-order valence-electron chi connectivity index (χ3n) is 0.584. The largest absolute Gasteiger partial charge is 0.402 e. The first-order valence-corrected chi connectivity index (χ1v) is 1.91. The van der Waals surface area contributed by atoms with Gasteiger partial charge in [0.1, 0.15) is 5.82 Å².